The standard InChI is InChI=1S/C40H43N5O7/c1-4-40(5-2,25-8-13-29(14-9-25)52-36-19-16-33(23(3)46)43-44-36)24-6-11-28(12-7-24)51-30-20-27(21-30)41-26-10-15-31-32(22-26)39(50)45(38(31)49)34-17-18-35(47)42-37(34)48/h6-16,19,22,27,30,34-35,37,41-42,47-48H,4-5,17-18,20-21H2,1-3H3/t27?,30?,34-,35-,37-/m1/s1. The number of nitrogens with zero attached hydrogens (tertiary/aromatic N) is 3. The van der Waals surface area contributed by atoms with Gasteiger partial charge >= 0.3 is 0 Å². The van der Waals surface area contributed by atoms with Crippen LogP contribution in [0.1, 0.15) is 102 Å². The summed E-state index contributed by atoms with van der Waals surface area (Å²) in [6, 6.07) is 24.2. The molecule has 2 amide bonds. The molecule has 3 aromatic carbocycles. The Morgan fingerprint density at radius 3 is 2.12 bits per heavy atom. The smallest absolute Gasteiger partial charge is 0.262 e. The largest absolute Gasteiger partial charge is 0.490 e. The van der Waals surface area contributed by atoms with Crippen molar-refractivity contribution in [2.75, 3.05) is 5.32 Å². The molecule has 12 nitrogen and oxygen atoms in total. The fraction of sp³-hybridized carbons (Fsp3) is 0.375. The molecular weight excluding hydrogens is 662 g/mol. The number of fused-ring (bicyclic) bond motifs is 1. The topological polar surface area (TPSA) is 163 Å². The number of Topliss-reactive ketones (excluding diaryl/α,β-unsaturated/α-hetero) is 1. The van der Waals surface area contributed by atoms with Crippen LogP contribution in [0.5, 0.6) is 17.4 Å². The molecule has 7 rings (SSSR count). The van der Waals surface area contributed by atoms with Crippen LogP contribution in [0.2, 0.25) is 0 Å². The number of nitrogens with one attached hydrogen (secondary N) is 2. The van der Waals surface area contributed by atoms with E-state index in [9.17, 15) is 24.6 Å². The van der Waals surface area contributed by atoms with Crippen molar-refractivity contribution >= 4 is 23.3 Å². The first kappa shape index (κ1) is 35.2. The molecule has 0 radical (unpaired) electrons. The highest BCUT2D eigenvalue weighted by Crippen LogP contribution is 2.41. The Kier molecular flexibility index (Phi) is 9.80. The second-order valence-electron chi connectivity index (χ2n) is 13.8. The molecule has 52 heavy (non-hydrogen) atoms. The molecule has 12 heteroatoms. The average molecular weight is 706 g/mol. The van der Waals surface area contributed by atoms with Crippen molar-refractivity contribution < 1.29 is 34.1 Å². The number of aromatic nitrogens is 2. The minimum Gasteiger partial charge on any atom is -0.490 e. The van der Waals surface area contributed by atoms with Gasteiger partial charge in [-0.2, -0.15) is 0 Å². The number of carbonyl (C=O) groups excluding carboxylic acids is 3. The molecule has 1 aliphatic carbocycles. The number of aliphatic hydroxyl groups excluding tert-OH is 2. The Morgan fingerprint density at radius 2 is 1.52 bits per heavy atom. The highest BCUT2D eigenvalue weighted by atomic mass is 16.5. The molecule has 0 bridgehead atoms. The number of rotatable bonds is 12. The molecule has 1 saturated carbocycles. The molecule has 3 heterocycles. The first-order valence-corrected chi connectivity index (χ1v) is 17.9. The van der Waals surface area contributed by atoms with Crippen molar-refractivity contribution in [1.29, 1.82) is 0 Å². The van der Waals surface area contributed by atoms with Crippen LogP contribution in [0.3, 0.4) is 0 Å². The molecule has 1 aromatic heterocycles. The third-order valence-corrected chi connectivity index (χ3v) is 10.7. The van der Waals surface area contributed by atoms with Gasteiger partial charge in [-0.1, -0.05) is 38.1 Å². The zero-order chi connectivity index (χ0) is 36.6. The molecule has 270 valence electrons. The maximum Gasteiger partial charge on any atom is 0.262 e. The van der Waals surface area contributed by atoms with E-state index in [1.807, 2.05) is 24.3 Å². The van der Waals surface area contributed by atoms with Crippen molar-refractivity contribution in [2.24, 2.45) is 0 Å². The van der Waals surface area contributed by atoms with Crippen LogP contribution in [0.4, 0.5) is 5.69 Å². The van der Waals surface area contributed by atoms with Crippen LogP contribution in [0.15, 0.2) is 78.9 Å². The van der Waals surface area contributed by atoms with Crippen LogP contribution in [-0.4, -0.2) is 73.6 Å². The maximum atomic E-state index is 13.3. The quantitative estimate of drug-likeness (QED) is 0.107. The van der Waals surface area contributed by atoms with E-state index in [4.69, 9.17) is 9.47 Å². The van der Waals surface area contributed by atoms with E-state index in [1.165, 1.54) is 18.1 Å². The summed E-state index contributed by atoms with van der Waals surface area (Å²) >= 11 is 0. The Hall–Kier alpha value is -5.17. The lowest BCUT2D eigenvalue weighted by atomic mass is 9.70. The normalized spacial score (nSPS) is 22.8. The minimum atomic E-state index is -1.19. The number of hydrogen-bond acceptors (Lipinski definition) is 11. The van der Waals surface area contributed by atoms with Gasteiger partial charge in [0, 0.05) is 43.0 Å². The number of ether oxygens (including phenoxy) is 2. The summed E-state index contributed by atoms with van der Waals surface area (Å²) in [6.07, 6.45) is 2.03. The van der Waals surface area contributed by atoms with E-state index in [1.54, 1.807) is 30.3 Å². The molecule has 3 atom stereocenters. The molecule has 3 aliphatic rings. The lowest BCUT2D eigenvalue weighted by Gasteiger charge is -2.37. The minimum absolute atomic E-state index is 0.0464. The summed E-state index contributed by atoms with van der Waals surface area (Å²) in [6.45, 7) is 5.84. The predicted octanol–water partition coefficient (Wildman–Crippen LogP) is 5.58. The van der Waals surface area contributed by atoms with E-state index >= 15 is 0 Å². The summed E-state index contributed by atoms with van der Waals surface area (Å²) in [7, 11) is 0. The fourth-order valence-corrected chi connectivity index (χ4v) is 7.62. The lowest BCUT2D eigenvalue weighted by molar-refractivity contribution is -0.0413. The van der Waals surface area contributed by atoms with Gasteiger partial charge in [-0.25, -0.2) is 0 Å². The first-order chi connectivity index (χ1) is 25.1. The molecular formula is C40H43N5O7. The monoisotopic (exact) mass is 705 g/mol. The summed E-state index contributed by atoms with van der Waals surface area (Å²) in [4.78, 5) is 38.9. The fourth-order valence-electron chi connectivity index (χ4n) is 7.62. The van der Waals surface area contributed by atoms with Gasteiger partial charge in [0.15, 0.2) is 5.78 Å². The number of aliphatic hydroxyl groups is 2. The highest BCUT2D eigenvalue weighted by Gasteiger charge is 2.44. The number of imide groups is 1. The average Bonchev–Trinajstić information content (AvgIpc) is 3.37. The SMILES string of the molecule is CCC(CC)(c1ccc(Oc2ccc(C(C)=O)nn2)cc1)c1ccc(OC2CC(Nc3ccc4c(c3)C(=O)N([C@@H]3CC[C@@H](O)N[C@@H]3O)C4=O)C2)cc1. The van der Waals surface area contributed by atoms with E-state index in [0.717, 1.165) is 42.0 Å². The van der Waals surface area contributed by atoms with Gasteiger partial charge in [0.05, 0.1) is 17.2 Å². The summed E-state index contributed by atoms with van der Waals surface area (Å²) in [5.74, 6) is 0.747. The zero-order valence-electron chi connectivity index (χ0n) is 29.4. The van der Waals surface area contributed by atoms with Crippen molar-refractivity contribution in [3.63, 3.8) is 0 Å². The van der Waals surface area contributed by atoms with E-state index in [0.29, 0.717) is 41.3 Å². The Morgan fingerprint density at radius 1 is 0.865 bits per heavy atom. The van der Waals surface area contributed by atoms with Crippen molar-refractivity contribution in [3.8, 4) is 17.4 Å². The van der Waals surface area contributed by atoms with E-state index in [-0.39, 0.29) is 23.3 Å². The Labute approximate surface area is 302 Å². The molecule has 2 aliphatic heterocycles. The molecule has 1 saturated heterocycles. The van der Waals surface area contributed by atoms with Crippen LogP contribution < -0.4 is 20.1 Å². The van der Waals surface area contributed by atoms with Crippen LogP contribution >= 0.6 is 0 Å². The van der Waals surface area contributed by atoms with Gasteiger partial charge in [0.2, 0.25) is 5.88 Å². The number of anilines is 1. The van der Waals surface area contributed by atoms with Gasteiger partial charge < -0.3 is 25.0 Å². The van der Waals surface area contributed by atoms with Gasteiger partial charge in [-0.05, 0) is 85.3 Å². The summed E-state index contributed by atoms with van der Waals surface area (Å²) in [5.41, 5.74) is 3.86. The Balaban J connectivity index is 0.939. The van der Waals surface area contributed by atoms with Crippen LogP contribution in [0.25, 0.3) is 0 Å². The first-order valence-electron chi connectivity index (χ1n) is 17.9. The maximum absolute atomic E-state index is 13.3. The zero-order valence-corrected chi connectivity index (χ0v) is 29.4. The number of amides is 2. The van der Waals surface area contributed by atoms with E-state index < -0.39 is 30.3 Å². The second kappa shape index (κ2) is 14.5. The van der Waals surface area contributed by atoms with Gasteiger partial charge in [0.1, 0.15) is 35.8 Å². The Bertz CT molecular complexity index is 1940. The van der Waals surface area contributed by atoms with Crippen molar-refractivity contribution in [3.05, 3.63) is 107 Å². The molecule has 0 unspecified atom stereocenters. The van der Waals surface area contributed by atoms with Crippen molar-refractivity contribution in [1.82, 2.24) is 20.4 Å². The molecule has 2 fully saturated rings. The predicted molar refractivity (Wildman–Crippen MR) is 193 cm³/mol. The third kappa shape index (κ3) is 6.76. The summed E-state index contributed by atoms with van der Waals surface area (Å²) < 4.78 is 12.2. The second-order valence-corrected chi connectivity index (χ2v) is 13.8. The third-order valence-electron chi connectivity index (χ3n) is 10.7. The van der Waals surface area contributed by atoms with Gasteiger partial charge in [0.25, 0.3) is 11.8 Å². The molecule has 0 spiro atoms. The lowest BCUT2D eigenvalue weighted by Crippen LogP contribution is -2.58. The highest BCUT2D eigenvalue weighted by molar-refractivity contribution is 6.22. The summed E-state index contributed by atoms with van der Waals surface area (Å²) in [5, 5.41) is 34.1. The van der Waals surface area contributed by atoms with E-state index in [2.05, 4.69) is 58.9 Å². The number of benzene rings is 3. The molecule has 4 N–H and O–H groups in total. The van der Waals surface area contributed by atoms with Crippen molar-refractivity contribution in [2.45, 2.75) is 95.4 Å². The number of piperidine rings is 1. The van der Waals surface area contributed by atoms with Crippen LogP contribution in [0, 0.1) is 0 Å². The molecule has 4 aromatic rings. The van der Waals surface area contributed by atoms with Gasteiger partial charge in [-0.15, -0.1) is 10.2 Å². The number of carbonyl (C=O) groups is 3. The number of ketones is 1. The van der Waals surface area contributed by atoms with Gasteiger partial charge in [-0.3, -0.25) is 24.6 Å². The number of hydrogen-bond donors (Lipinski definition) is 4. The van der Waals surface area contributed by atoms with Crippen LogP contribution in [-0.2, 0) is 5.41 Å².